The minimum atomic E-state index is -4.64. The van der Waals surface area contributed by atoms with E-state index in [1.807, 2.05) is 19.1 Å². The van der Waals surface area contributed by atoms with Crippen molar-refractivity contribution in [2.24, 2.45) is 0 Å². The Morgan fingerprint density at radius 2 is 1.74 bits per heavy atom. The number of benzene rings is 2. The average molecular weight is 264 g/mol. The monoisotopic (exact) mass is 264 g/mol. The van der Waals surface area contributed by atoms with Crippen molar-refractivity contribution in [2.45, 2.75) is 19.7 Å². The third kappa shape index (κ3) is 2.30. The minimum absolute atomic E-state index is 0.157. The van der Waals surface area contributed by atoms with Crippen molar-refractivity contribution in [3.8, 4) is 16.9 Å². The van der Waals surface area contributed by atoms with E-state index >= 15 is 0 Å². The summed E-state index contributed by atoms with van der Waals surface area (Å²) in [6.45, 7) is 2.00. The number of halogens is 3. The normalized spacial score (nSPS) is 13.1. The smallest absolute Gasteiger partial charge is 0.406 e. The molecule has 0 amide bonds. The van der Waals surface area contributed by atoms with Crippen molar-refractivity contribution in [1.82, 2.24) is 0 Å². The molecule has 1 nitrogen and oxygen atoms in total. The van der Waals surface area contributed by atoms with Crippen molar-refractivity contribution in [1.29, 1.82) is 0 Å². The molecular weight excluding hydrogens is 253 g/mol. The Kier molecular flexibility index (Phi) is 2.55. The highest BCUT2D eigenvalue weighted by Crippen LogP contribution is 2.39. The summed E-state index contributed by atoms with van der Waals surface area (Å²) in [7, 11) is 0. The van der Waals surface area contributed by atoms with E-state index < -0.39 is 6.36 Å². The zero-order chi connectivity index (χ0) is 13.6. The van der Waals surface area contributed by atoms with E-state index in [0.717, 1.165) is 27.8 Å². The van der Waals surface area contributed by atoms with Crippen LogP contribution in [0.5, 0.6) is 5.75 Å². The Balaban J connectivity index is 2.00. The summed E-state index contributed by atoms with van der Waals surface area (Å²) in [5, 5.41) is 0. The molecule has 19 heavy (non-hydrogen) atoms. The van der Waals surface area contributed by atoms with E-state index in [0.29, 0.717) is 6.42 Å². The van der Waals surface area contributed by atoms with E-state index in [4.69, 9.17) is 0 Å². The van der Waals surface area contributed by atoms with Gasteiger partial charge in [-0.2, -0.15) is 0 Å². The number of fused-ring (bicyclic) bond motifs is 3. The molecule has 1 aliphatic rings. The first-order chi connectivity index (χ1) is 8.92. The molecule has 0 fully saturated rings. The zero-order valence-corrected chi connectivity index (χ0v) is 10.2. The van der Waals surface area contributed by atoms with Crippen LogP contribution in [0.2, 0.25) is 0 Å². The number of hydrogen-bond acceptors (Lipinski definition) is 1. The van der Waals surface area contributed by atoms with E-state index in [1.165, 1.54) is 12.1 Å². The molecule has 0 saturated carbocycles. The first kappa shape index (κ1) is 12.1. The molecule has 2 aromatic carbocycles. The minimum Gasteiger partial charge on any atom is -0.406 e. The lowest BCUT2D eigenvalue weighted by atomic mass is 10.0. The van der Waals surface area contributed by atoms with Crippen molar-refractivity contribution in [2.75, 3.05) is 0 Å². The average Bonchev–Trinajstić information content (AvgIpc) is 2.64. The van der Waals surface area contributed by atoms with E-state index in [2.05, 4.69) is 10.8 Å². The van der Waals surface area contributed by atoms with Gasteiger partial charge in [-0.15, -0.1) is 13.2 Å². The van der Waals surface area contributed by atoms with Gasteiger partial charge in [0.1, 0.15) is 5.75 Å². The van der Waals surface area contributed by atoms with Crippen LogP contribution >= 0.6 is 0 Å². The quantitative estimate of drug-likeness (QED) is 0.630. The summed E-state index contributed by atoms with van der Waals surface area (Å²) >= 11 is 0. The van der Waals surface area contributed by atoms with E-state index in [9.17, 15) is 13.2 Å². The fourth-order valence-electron chi connectivity index (χ4n) is 2.48. The second-order valence-corrected chi connectivity index (χ2v) is 4.70. The molecule has 0 atom stereocenters. The first-order valence-electron chi connectivity index (χ1n) is 5.91. The third-order valence-corrected chi connectivity index (χ3v) is 3.25. The van der Waals surface area contributed by atoms with Crippen LogP contribution < -0.4 is 4.74 Å². The second kappa shape index (κ2) is 4.02. The van der Waals surface area contributed by atoms with Gasteiger partial charge in [0.2, 0.25) is 0 Å². The van der Waals surface area contributed by atoms with Gasteiger partial charge in [0.25, 0.3) is 0 Å². The molecule has 0 spiro atoms. The summed E-state index contributed by atoms with van der Waals surface area (Å²) in [5.74, 6) is -0.157. The van der Waals surface area contributed by atoms with Gasteiger partial charge in [0, 0.05) is 0 Å². The number of hydrogen-bond donors (Lipinski definition) is 0. The van der Waals surface area contributed by atoms with Gasteiger partial charge in [-0.05, 0) is 47.7 Å². The van der Waals surface area contributed by atoms with Gasteiger partial charge in [0.05, 0.1) is 0 Å². The standard InChI is InChI=1S/C15H11F3O/c1-9-2-3-10-7-11-8-12(19-15(16,17)18)4-5-13(11)14(10)6-9/h2-6,8H,7H2,1H3. The number of alkyl halides is 3. The predicted molar refractivity (Wildman–Crippen MR) is 66.1 cm³/mol. The van der Waals surface area contributed by atoms with Gasteiger partial charge >= 0.3 is 6.36 Å². The number of aryl methyl sites for hydroxylation is 1. The largest absolute Gasteiger partial charge is 0.573 e. The third-order valence-electron chi connectivity index (χ3n) is 3.25. The maximum atomic E-state index is 12.2. The van der Waals surface area contributed by atoms with Crippen molar-refractivity contribution < 1.29 is 17.9 Å². The highest BCUT2D eigenvalue weighted by molar-refractivity contribution is 5.77. The molecule has 4 heteroatoms. The van der Waals surface area contributed by atoms with Crippen molar-refractivity contribution >= 4 is 0 Å². The highest BCUT2D eigenvalue weighted by atomic mass is 19.4. The Morgan fingerprint density at radius 1 is 0.947 bits per heavy atom. The molecular formula is C15H11F3O. The van der Waals surface area contributed by atoms with Crippen molar-refractivity contribution in [3.63, 3.8) is 0 Å². The fraction of sp³-hybridized carbons (Fsp3) is 0.200. The molecule has 0 radical (unpaired) electrons. The molecule has 0 unspecified atom stereocenters. The molecule has 0 aromatic heterocycles. The Hall–Kier alpha value is -1.97. The van der Waals surface area contributed by atoms with Crippen LogP contribution in [0.4, 0.5) is 13.2 Å². The molecule has 0 N–H and O–H groups in total. The van der Waals surface area contributed by atoms with Gasteiger partial charge in [0.15, 0.2) is 0 Å². The molecule has 98 valence electrons. The Morgan fingerprint density at radius 3 is 2.47 bits per heavy atom. The second-order valence-electron chi connectivity index (χ2n) is 4.70. The topological polar surface area (TPSA) is 9.23 Å². The van der Waals surface area contributed by atoms with Gasteiger partial charge < -0.3 is 4.74 Å². The Bertz CT molecular complexity index is 644. The van der Waals surface area contributed by atoms with Gasteiger partial charge in [-0.3, -0.25) is 0 Å². The lowest BCUT2D eigenvalue weighted by Gasteiger charge is -2.10. The van der Waals surface area contributed by atoms with Gasteiger partial charge in [-0.1, -0.05) is 29.8 Å². The molecule has 0 saturated heterocycles. The molecule has 0 heterocycles. The van der Waals surface area contributed by atoms with Crippen molar-refractivity contribution in [3.05, 3.63) is 53.1 Å². The molecule has 0 bridgehead atoms. The zero-order valence-electron chi connectivity index (χ0n) is 10.2. The van der Waals surface area contributed by atoms with Gasteiger partial charge in [-0.25, -0.2) is 0 Å². The van der Waals surface area contributed by atoms with E-state index in [-0.39, 0.29) is 5.75 Å². The molecule has 1 aliphatic carbocycles. The van der Waals surface area contributed by atoms with Crippen LogP contribution in [-0.2, 0) is 6.42 Å². The van der Waals surface area contributed by atoms with Crippen LogP contribution in [0.15, 0.2) is 36.4 Å². The summed E-state index contributed by atoms with van der Waals surface area (Å²) in [4.78, 5) is 0. The number of ether oxygens (including phenoxy) is 1. The van der Waals surface area contributed by atoms with Crippen LogP contribution in [0.3, 0.4) is 0 Å². The predicted octanol–water partition coefficient (Wildman–Crippen LogP) is 4.46. The lowest BCUT2D eigenvalue weighted by Crippen LogP contribution is -2.17. The van der Waals surface area contributed by atoms with Crippen LogP contribution in [-0.4, -0.2) is 6.36 Å². The first-order valence-corrected chi connectivity index (χ1v) is 5.91. The van der Waals surface area contributed by atoms with Crippen LogP contribution in [0.1, 0.15) is 16.7 Å². The summed E-state index contributed by atoms with van der Waals surface area (Å²) in [5.41, 5.74) is 5.26. The summed E-state index contributed by atoms with van der Waals surface area (Å²) in [6.07, 6.45) is -3.99. The maximum absolute atomic E-state index is 12.2. The highest BCUT2D eigenvalue weighted by Gasteiger charge is 2.31. The lowest BCUT2D eigenvalue weighted by molar-refractivity contribution is -0.274. The maximum Gasteiger partial charge on any atom is 0.573 e. The fourth-order valence-corrected chi connectivity index (χ4v) is 2.48. The van der Waals surface area contributed by atoms with Crippen LogP contribution in [0.25, 0.3) is 11.1 Å². The summed E-state index contributed by atoms with van der Waals surface area (Å²) < 4.78 is 40.5. The molecule has 2 aromatic rings. The molecule has 3 rings (SSSR count). The number of rotatable bonds is 1. The SMILES string of the molecule is Cc1ccc2c(c1)-c1ccc(OC(F)(F)F)cc1C2. The summed E-state index contributed by atoms with van der Waals surface area (Å²) in [6, 6.07) is 10.6. The Labute approximate surface area is 108 Å². The van der Waals surface area contributed by atoms with E-state index in [1.54, 1.807) is 6.07 Å². The molecule has 0 aliphatic heterocycles. The van der Waals surface area contributed by atoms with Crippen LogP contribution in [0, 0.1) is 6.92 Å².